The van der Waals surface area contributed by atoms with Gasteiger partial charge >= 0.3 is 5.69 Å². The Morgan fingerprint density at radius 3 is 2.00 bits per heavy atom. The number of hydrogen-bond acceptors (Lipinski definition) is 6. The van der Waals surface area contributed by atoms with E-state index in [0.29, 0.717) is 53.3 Å². The lowest BCUT2D eigenvalue weighted by Crippen LogP contribution is -2.41. The van der Waals surface area contributed by atoms with Crippen molar-refractivity contribution in [2.75, 3.05) is 21.3 Å². The van der Waals surface area contributed by atoms with Gasteiger partial charge in [0.15, 0.2) is 22.7 Å². The van der Waals surface area contributed by atoms with Gasteiger partial charge in [0.25, 0.3) is 5.56 Å². The molecule has 3 aromatic rings. The molecular weight excluding hydrogens is 448 g/mol. The monoisotopic (exact) mass is 474 g/mol. The van der Waals surface area contributed by atoms with Crippen LogP contribution in [0.2, 0.25) is 5.28 Å². The number of methoxy groups -OCH3 is 3. The fourth-order valence-corrected chi connectivity index (χ4v) is 4.48. The number of fused-ring (bicyclic) bond motifs is 1. The molecule has 0 radical (unpaired) electrons. The zero-order valence-electron chi connectivity index (χ0n) is 19.0. The molecule has 176 valence electrons. The van der Waals surface area contributed by atoms with Crippen LogP contribution < -0.4 is 25.5 Å². The van der Waals surface area contributed by atoms with Crippen LogP contribution in [0.25, 0.3) is 11.2 Å². The summed E-state index contributed by atoms with van der Waals surface area (Å²) >= 11 is 6.54. The maximum Gasteiger partial charge on any atom is 0.332 e. The molecule has 0 amide bonds. The molecule has 2 aromatic heterocycles. The number of aromatic nitrogens is 4. The molecule has 10 heteroatoms. The minimum Gasteiger partial charge on any atom is -0.493 e. The van der Waals surface area contributed by atoms with Crippen molar-refractivity contribution in [3.8, 4) is 17.2 Å². The molecule has 33 heavy (non-hydrogen) atoms. The van der Waals surface area contributed by atoms with Gasteiger partial charge < -0.3 is 18.8 Å². The summed E-state index contributed by atoms with van der Waals surface area (Å²) < 4.78 is 21.0. The van der Waals surface area contributed by atoms with E-state index in [1.54, 1.807) is 30.5 Å². The van der Waals surface area contributed by atoms with Crippen molar-refractivity contribution >= 4 is 22.8 Å². The second kappa shape index (κ2) is 8.44. The number of nitrogens with zero attached hydrogens (tertiary/aromatic N) is 4. The summed E-state index contributed by atoms with van der Waals surface area (Å²) in [5, 5.41) is 0.156. The van der Waals surface area contributed by atoms with E-state index in [-0.39, 0.29) is 23.1 Å². The van der Waals surface area contributed by atoms with E-state index in [1.165, 1.54) is 4.57 Å². The molecule has 2 saturated carbocycles. The van der Waals surface area contributed by atoms with Crippen LogP contribution >= 0.6 is 11.6 Å². The normalized spacial score (nSPS) is 15.8. The van der Waals surface area contributed by atoms with Crippen molar-refractivity contribution in [3.63, 3.8) is 0 Å². The Bertz CT molecular complexity index is 1310. The van der Waals surface area contributed by atoms with Crippen molar-refractivity contribution in [3.05, 3.63) is 43.8 Å². The number of ether oxygens (including phenoxy) is 3. The Labute approximate surface area is 195 Å². The van der Waals surface area contributed by atoms with E-state index in [0.717, 1.165) is 31.2 Å². The van der Waals surface area contributed by atoms with Crippen LogP contribution in [-0.2, 0) is 19.6 Å². The first-order valence-corrected chi connectivity index (χ1v) is 11.5. The van der Waals surface area contributed by atoms with Crippen molar-refractivity contribution in [2.45, 2.75) is 45.3 Å². The van der Waals surface area contributed by atoms with Crippen LogP contribution in [0.15, 0.2) is 21.7 Å². The average Bonchev–Trinajstić information content (AvgIpc) is 3.74. The van der Waals surface area contributed by atoms with Gasteiger partial charge in [-0.25, -0.2) is 4.79 Å². The molecule has 0 aliphatic heterocycles. The molecule has 2 fully saturated rings. The van der Waals surface area contributed by atoms with Crippen molar-refractivity contribution in [1.82, 2.24) is 18.7 Å². The van der Waals surface area contributed by atoms with E-state index in [9.17, 15) is 9.59 Å². The van der Waals surface area contributed by atoms with Crippen LogP contribution in [0.5, 0.6) is 17.2 Å². The van der Waals surface area contributed by atoms with E-state index in [4.69, 9.17) is 25.8 Å². The molecule has 2 aliphatic rings. The van der Waals surface area contributed by atoms with Crippen LogP contribution in [0, 0.1) is 11.8 Å². The zero-order chi connectivity index (χ0) is 23.3. The molecule has 0 atom stereocenters. The number of hydrogen-bond donors (Lipinski definition) is 0. The summed E-state index contributed by atoms with van der Waals surface area (Å²) in [5.41, 5.74) is 0.844. The third kappa shape index (κ3) is 3.99. The highest BCUT2D eigenvalue weighted by molar-refractivity contribution is 6.29. The second-order valence-electron chi connectivity index (χ2n) is 8.87. The molecule has 0 saturated heterocycles. The van der Waals surface area contributed by atoms with Crippen LogP contribution in [-0.4, -0.2) is 40.0 Å². The summed E-state index contributed by atoms with van der Waals surface area (Å²) in [6.45, 7) is 1.25. The summed E-state index contributed by atoms with van der Waals surface area (Å²) in [6, 6.07) is 3.62. The maximum absolute atomic E-state index is 13.5. The zero-order valence-corrected chi connectivity index (χ0v) is 19.7. The van der Waals surface area contributed by atoms with Gasteiger partial charge in [0.05, 0.1) is 27.9 Å². The molecule has 0 N–H and O–H groups in total. The smallest absolute Gasteiger partial charge is 0.332 e. The molecule has 0 unspecified atom stereocenters. The first-order valence-electron chi connectivity index (χ1n) is 11.1. The lowest BCUT2D eigenvalue weighted by Gasteiger charge is -2.15. The Morgan fingerprint density at radius 1 is 0.909 bits per heavy atom. The van der Waals surface area contributed by atoms with Crippen molar-refractivity contribution in [2.24, 2.45) is 11.8 Å². The SMILES string of the molecule is COc1cc(Cn2c(Cl)nc3c2c(=O)n(CC2CC2)c(=O)n3CC2CC2)cc(OC)c1OC. The summed E-state index contributed by atoms with van der Waals surface area (Å²) in [6.07, 6.45) is 4.24. The molecule has 9 nitrogen and oxygen atoms in total. The van der Waals surface area contributed by atoms with Gasteiger partial charge in [0.2, 0.25) is 11.0 Å². The minimum absolute atomic E-state index is 0.156. The number of halogens is 1. The Hall–Kier alpha value is -2.94. The molecule has 2 aliphatic carbocycles. The van der Waals surface area contributed by atoms with Crippen LogP contribution in [0.1, 0.15) is 31.2 Å². The molecule has 0 spiro atoms. The minimum atomic E-state index is -0.346. The van der Waals surface area contributed by atoms with E-state index in [1.807, 2.05) is 12.1 Å². The third-order valence-corrected chi connectivity index (χ3v) is 6.70. The van der Waals surface area contributed by atoms with Gasteiger partial charge in [-0.2, -0.15) is 4.98 Å². The lowest BCUT2D eigenvalue weighted by atomic mass is 10.1. The maximum atomic E-state index is 13.5. The highest BCUT2D eigenvalue weighted by Gasteiger charge is 2.29. The van der Waals surface area contributed by atoms with Gasteiger partial charge in [-0.05, 0) is 66.8 Å². The van der Waals surface area contributed by atoms with E-state index >= 15 is 0 Å². The highest BCUT2D eigenvalue weighted by atomic mass is 35.5. The van der Waals surface area contributed by atoms with Gasteiger partial charge in [0, 0.05) is 13.1 Å². The fraction of sp³-hybridized carbons (Fsp3) is 0.522. The van der Waals surface area contributed by atoms with Gasteiger partial charge in [0.1, 0.15) is 0 Å². The molecule has 2 heterocycles. The van der Waals surface area contributed by atoms with E-state index in [2.05, 4.69) is 4.98 Å². The highest BCUT2D eigenvalue weighted by Crippen LogP contribution is 2.39. The largest absolute Gasteiger partial charge is 0.493 e. The standard InChI is InChI=1S/C23H27ClN4O5/c1-31-16-8-15(9-17(32-2)19(16)33-3)12-26-18-20(25-22(26)24)27(10-13-4-5-13)23(30)28(21(18)29)11-14-6-7-14/h8-9,13-14H,4-7,10-12H2,1-3H3. The van der Waals surface area contributed by atoms with Crippen LogP contribution in [0.4, 0.5) is 0 Å². The van der Waals surface area contributed by atoms with Crippen molar-refractivity contribution in [1.29, 1.82) is 0 Å². The van der Waals surface area contributed by atoms with E-state index < -0.39 is 0 Å². The number of rotatable bonds is 9. The van der Waals surface area contributed by atoms with Crippen LogP contribution in [0.3, 0.4) is 0 Å². The first kappa shape index (κ1) is 21.9. The third-order valence-electron chi connectivity index (χ3n) is 6.41. The Morgan fingerprint density at radius 2 is 1.48 bits per heavy atom. The first-order chi connectivity index (χ1) is 15.9. The Balaban J connectivity index is 1.67. The van der Waals surface area contributed by atoms with Gasteiger partial charge in [-0.3, -0.25) is 13.9 Å². The fourth-order valence-electron chi connectivity index (χ4n) is 4.26. The van der Waals surface area contributed by atoms with Gasteiger partial charge in [-0.1, -0.05) is 0 Å². The Kier molecular flexibility index (Phi) is 5.60. The molecule has 1 aromatic carbocycles. The second-order valence-corrected chi connectivity index (χ2v) is 9.21. The quantitative estimate of drug-likeness (QED) is 0.443. The van der Waals surface area contributed by atoms with Gasteiger partial charge in [-0.15, -0.1) is 0 Å². The number of benzene rings is 1. The predicted molar refractivity (Wildman–Crippen MR) is 124 cm³/mol. The summed E-state index contributed by atoms with van der Waals surface area (Å²) in [5.74, 6) is 2.31. The molecule has 0 bridgehead atoms. The molecule has 5 rings (SSSR count). The lowest BCUT2D eigenvalue weighted by molar-refractivity contribution is 0.323. The van der Waals surface area contributed by atoms with Crippen molar-refractivity contribution < 1.29 is 14.2 Å². The summed E-state index contributed by atoms with van der Waals surface area (Å²) in [7, 11) is 4.64. The average molecular weight is 475 g/mol. The topological polar surface area (TPSA) is 89.5 Å². The predicted octanol–water partition coefficient (Wildman–Crippen LogP) is 2.91. The number of imidazole rings is 1. The summed E-state index contributed by atoms with van der Waals surface area (Å²) in [4.78, 5) is 31.2. The molecular formula is C23H27ClN4O5.